The number of anilines is 1. The Morgan fingerprint density at radius 2 is 1.96 bits per heavy atom. The van der Waals surface area contributed by atoms with E-state index in [0.717, 1.165) is 0 Å². The third-order valence-corrected chi connectivity index (χ3v) is 2.89. The Morgan fingerprint density at radius 1 is 1.26 bits per heavy atom. The van der Waals surface area contributed by atoms with Gasteiger partial charge in [-0.05, 0) is 19.1 Å². The number of benzene rings is 1. The monoisotopic (exact) mass is 317 g/mol. The van der Waals surface area contributed by atoms with Crippen LogP contribution in [0.3, 0.4) is 0 Å². The quantitative estimate of drug-likeness (QED) is 0.779. The zero-order chi connectivity index (χ0) is 16.8. The van der Waals surface area contributed by atoms with Crippen molar-refractivity contribution in [3.63, 3.8) is 0 Å². The summed E-state index contributed by atoms with van der Waals surface area (Å²) < 4.78 is 6.26. The van der Waals surface area contributed by atoms with Crippen LogP contribution in [-0.4, -0.2) is 39.1 Å². The lowest BCUT2D eigenvalue weighted by atomic mass is 10.1. The Morgan fingerprint density at radius 3 is 2.61 bits per heavy atom. The molecule has 23 heavy (non-hydrogen) atoms. The Bertz CT molecular complexity index is 738. The predicted molar refractivity (Wildman–Crippen MR) is 80.2 cm³/mol. The van der Waals surface area contributed by atoms with Gasteiger partial charge in [0.05, 0.1) is 24.1 Å². The average molecular weight is 317 g/mol. The number of carboxylic acid groups (broad SMARTS) is 1. The van der Waals surface area contributed by atoms with Crippen LogP contribution in [0, 0.1) is 0 Å². The number of amides is 1. The molecular formula is C15H15N3O5. The molecule has 0 saturated carbocycles. The lowest BCUT2D eigenvalue weighted by molar-refractivity contribution is -0.143. The van der Waals surface area contributed by atoms with Crippen LogP contribution in [0.25, 0.3) is 0 Å². The van der Waals surface area contributed by atoms with Crippen LogP contribution in [0.5, 0.6) is 0 Å². The number of ether oxygens (including phenoxy) is 1. The van der Waals surface area contributed by atoms with Gasteiger partial charge < -0.3 is 19.7 Å². The molecule has 1 heterocycles. The summed E-state index contributed by atoms with van der Waals surface area (Å²) in [5.41, 5.74) is -0.0732. The van der Waals surface area contributed by atoms with Gasteiger partial charge in [0.1, 0.15) is 6.54 Å². The summed E-state index contributed by atoms with van der Waals surface area (Å²) in [5, 5.41) is 11.6. The van der Waals surface area contributed by atoms with E-state index in [1.807, 2.05) is 0 Å². The maximum atomic E-state index is 12.2. The highest BCUT2D eigenvalue weighted by atomic mass is 16.5. The number of rotatable bonds is 6. The molecule has 0 radical (unpaired) electrons. The number of esters is 1. The molecule has 0 spiro atoms. The second-order valence-corrected chi connectivity index (χ2v) is 4.54. The van der Waals surface area contributed by atoms with Crippen molar-refractivity contribution in [1.82, 2.24) is 9.55 Å². The average Bonchev–Trinajstić information content (AvgIpc) is 2.94. The number of carboxylic acids is 1. The molecule has 0 unspecified atom stereocenters. The van der Waals surface area contributed by atoms with Gasteiger partial charge >= 0.3 is 11.9 Å². The molecule has 2 rings (SSSR count). The van der Waals surface area contributed by atoms with E-state index in [2.05, 4.69) is 10.3 Å². The molecule has 0 atom stereocenters. The van der Waals surface area contributed by atoms with E-state index >= 15 is 0 Å². The van der Waals surface area contributed by atoms with Gasteiger partial charge in [-0.25, -0.2) is 9.78 Å². The van der Waals surface area contributed by atoms with E-state index in [9.17, 15) is 14.4 Å². The van der Waals surface area contributed by atoms with E-state index in [4.69, 9.17) is 9.84 Å². The Balaban J connectivity index is 2.08. The molecule has 120 valence electrons. The number of nitrogens with one attached hydrogen (secondary N) is 1. The first-order chi connectivity index (χ1) is 11.0. The third-order valence-electron chi connectivity index (χ3n) is 2.89. The van der Waals surface area contributed by atoms with Gasteiger partial charge in [-0.2, -0.15) is 0 Å². The highest BCUT2D eigenvalue weighted by molar-refractivity contribution is 6.10. The zero-order valence-corrected chi connectivity index (χ0v) is 12.4. The van der Waals surface area contributed by atoms with Gasteiger partial charge in [0.25, 0.3) is 5.91 Å². The summed E-state index contributed by atoms with van der Waals surface area (Å²) in [7, 11) is 0. The summed E-state index contributed by atoms with van der Waals surface area (Å²) in [6.45, 7) is 1.96. The highest BCUT2D eigenvalue weighted by Crippen LogP contribution is 2.12. The number of hydrogen-bond acceptors (Lipinski definition) is 5. The molecule has 1 aromatic heterocycles. The van der Waals surface area contributed by atoms with Gasteiger partial charge in [-0.1, -0.05) is 12.1 Å². The van der Waals surface area contributed by atoms with Crippen LogP contribution >= 0.6 is 0 Å². The first kappa shape index (κ1) is 16.2. The van der Waals surface area contributed by atoms with Crippen LogP contribution in [0.1, 0.15) is 27.6 Å². The van der Waals surface area contributed by atoms with Gasteiger partial charge in [0.15, 0.2) is 5.82 Å². The van der Waals surface area contributed by atoms with Gasteiger partial charge in [-0.15, -0.1) is 0 Å². The van der Waals surface area contributed by atoms with Gasteiger partial charge in [-0.3, -0.25) is 9.59 Å². The van der Waals surface area contributed by atoms with Crippen molar-refractivity contribution in [1.29, 1.82) is 0 Å². The minimum Gasteiger partial charge on any atom is -0.478 e. The zero-order valence-electron chi connectivity index (χ0n) is 12.4. The lowest BCUT2D eigenvalue weighted by Crippen LogP contribution is -2.16. The fourth-order valence-corrected chi connectivity index (χ4v) is 1.92. The van der Waals surface area contributed by atoms with Crippen LogP contribution in [0.4, 0.5) is 5.82 Å². The van der Waals surface area contributed by atoms with Crippen molar-refractivity contribution in [2.24, 2.45) is 0 Å². The number of nitrogens with zero attached hydrogens (tertiary/aromatic N) is 2. The molecule has 8 nitrogen and oxygen atoms in total. The summed E-state index contributed by atoms with van der Waals surface area (Å²) in [5.74, 6) is -1.99. The standard InChI is InChI=1S/C15H15N3O5/c1-2-23-13(19)8-18-7-12(16-9-18)17-14(20)10-5-3-4-6-11(10)15(21)22/h3-7,9H,2,8H2,1H3,(H,17,20)(H,21,22). The van der Waals surface area contributed by atoms with E-state index < -0.39 is 17.8 Å². The first-order valence-corrected chi connectivity index (χ1v) is 6.82. The SMILES string of the molecule is CCOC(=O)Cn1cnc(NC(=O)c2ccccc2C(=O)O)c1. The molecule has 0 aliphatic heterocycles. The van der Waals surface area contributed by atoms with Crippen molar-refractivity contribution in [2.45, 2.75) is 13.5 Å². The first-order valence-electron chi connectivity index (χ1n) is 6.82. The summed E-state index contributed by atoms with van der Waals surface area (Å²) in [6.07, 6.45) is 2.83. The molecule has 0 fully saturated rings. The highest BCUT2D eigenvalue weighted by Gasteiger charge is 2.16. The van der Waals surface area contributed by atoms with Crippen LogP contribution in [-0.2, 0) is 16.1 Å². The lowest BCUT2D eigenvalue weighted by Gasteiger charge is -2.05. The maximum absolute atomic E-state index is 12.2. The molecule has 1 aromatic carbocycles. The summed E-state index contributed by atoms with van der Waals surface area (Å²) in [6, 6.07) is 5.86. The van der Waals surface area contributed by atoms with Crippen LogP contribution in [0.15, 0.2) is 36.8 Å². The second kappa shape index (κ2) is 7.21. The van der Waals surface area contributed by atoms with Gasteiger partial charge in [0.2, 0.25) is 0 Å². The fraction of sp³-hybridized carbons (Fsp3) is 0.200. The topological polar surface area (TPSA) is 111 Å². The van der Waals surface area contributed by atoms with Crippen molar-refractivity contribution >= 4 is 23.7 Å². The van der Waals surface area contributed by atoms with Crippen molar-refractivity contribution in [3.8, 4) is 0 Å². The van der Waals surface area contributed by atoms with E-state index in [1.54, 1.807) is 13.0 Å². The Kier molecular flexibility index (Phi) is 5.08. The molecule has 0 aliphatic rings. The summed E-state index contributed by atoms with van der Waals surface area (Å²) >= 11 is 0. The maximum Gasteiger partial charge on any atom is 0.336 e. The number of carbonyl (C=O) groups excluding carboxylic acids is 2. The van der Waals surface area contributed by atoms with E-state index in [0.29, 0.717) is 0 Å². The molecule has 1 amide bonds. The number of hydrogen-bond donors (Lipinski definition) is 2. The van der Waals surface area contributed by atoms with Crippen molar-refractivity contribution in [3.05, 3.63) is 47.9 Å². The smallest absolute Gasteiger partial charge is 0.336 e. The summed E-state index contributed by atoms with van der Waals surface area (Å²) in [4.78, 5) is 38.6. The number of aromatic carboxylic acids is 1. The minimum absolute atomic E-state index is 0.0254. The number of imidazole rings is 1. The number of aromatic nitrogens is 2. The third kappa shape index (κ3) is 4.16. The molecule has 0 bridgehead atoms. The molecule has 0 saturated heterocycles. The molecule has 2 aromatic rings. The fourth-order valence-electron chi connectivity index (χ4n) is 1.92. The molecular weight excluding hydrogens is 302 g/mol. The minimum atomic E-state index is -1.19. The van der Waals surface area contributed by atoms with E-state index in [1.165, 1.54) is 35.3 Å². The normalized spacial score (nSPS) is 10.1. The Hall–Kier alpha value is -3.16. The second-order valence-electron chi connectivity index (χ2n) is 4.54. The van der Waals surface area contributed by atoms with Crippen molar-refractivity contribution in [2.75, 3.05) is 11.9 Å². The van der Waals surface area contributed by atoms with Crippen LogP contribution in [0.2, 0.25) is 0 Å². The van der Waals surface area contributed by atoms with Crippen molar-refractivity contribution < 1.29 is 24.2 Å². The molecule has 0 aliphatic carbocycles. The van der Waals surface area contributed by atoms with Gasteiger partial charge in [0, 0.05) is 6.20 Å². The Labute approximate surface area is 131 Å². The predicted octanol–water partition coefficient (Wildman–Crippen LogP) is 1.40. The van der Waals surface area contributed by atoms with Crippen LogP contribution < -0.4 is 5.32 Å². The van der Waals surface area contributed by atoms with E-state index in [-0.39, 0.29) is 30.1 Å². The largest absolute Gasteiger partial charge is 0.478 e. The molecule has 2 N–H and O–H groups in total. The molecule has 8 heteroatoms. The number of carbonyl (C=O) groups is 3.